The van der Waals surface area contributed by atoms with E-state index in [2.05, 4.69) is 9.97 Å². The van der Waals surface area contributed by atoms with E-state index in [1.165, 1.54) is 0 Å². The van der Waals surface area contributed by atoms with Crippen molar-refractivity contribution in [3.05, 3.63) is 29.2 Å². The summed E-state index contributed by atoms with van der Waals surface area (Å²) >= 11 is 5.03. The lowest BCUT2D eigenvalue weighted by Crippen LogP contribution is -1.87. The Bertz CT molecular complexity index is 475. The van der Waals surface area contributed by atoms with Crippen LogP contribution in [0.5, 0.6) is 0 Å². The normalized spacial score (nSPS) is 10.3. The average Bonchev–Trinajstić information content (AvgIpc) is 2.04. The van der Waals surface area contributed by atoms with Crippen LogP contribution in [0.4, 0.5) is 5.69 Å². The number of rotatable bonds is 0. The molecule has 12 heavy (non-hydrogen) atoms. The first-order valence-corrected chi connectivity index (χ1v) is 3.91. The summed E-state index contributed by atoms with van der Waals surface area (Å²) < 4.78 is 0.601. The molecular formula is C8H7N3S. The minimum absolute atomic E-state index is 0.601. The highest BCUT2D eigenvalue weighted by Gasteiger charge is 1.94. The topological polar surface area (TPSA) is 54.7 Å². The predicted molar refractivity (Wildman–Crippen MR) is 51.3 cm³/mol. The molecule has 1 heterocycles. The molecule has 2 aromatic rings. The Hall–Kier alpha value is -1.42. The van der Waals surface area contributed by atoms with Crippen molar-refractivity contribution in [3.63, 3.8) is 0 Å². The predicted octanol–water partition coefficient (Wildman–Crippen LogP) is 1.87. The van der Waals surface area contributed by atoms with Gasteiger partial charge in [-0.2, -0.15) is 0 Å². The molecule has 0 unspecified atom stereocenters. The molecule has 0 radical (unpaired) electrons. The summed E-state index contributed by atoms with van der Waals surface area (Å²) in [6.45, 7) is 0. The lowest BCUT2D eigenvalue weighted by Gasteiger charge is -1.97. The van der Waals surface area contributed by atoms with Crippen molar-refractivity contribution in [1.82, 2.24) is 9.97 Å². The van der Waals surface area contributed by atoms with Gasteiger partial charge in [-0.3, -0.25) is 0 Å². The first-order valence-electron chi connectivity index (χ1n) is 3.50. The zero-order chi connectivity index (χ0) is 8.55. The monoisotopic (exact) mass is 177 g/mol. The molecule has 0 fully saturated rings. The number of nitrogens with two attached hydrogens (primary N) is 1. The van der Waals surface area contributed by atoms with Gasteiger partial charge in [-0.15, -0.1) is 0 Å². The van der Waals surface area contributed by atoms with Gasteiger partial charge in [0, 0.05) is 11.1 Å². The Morgan fingerprint density at radius 3 is 3.08 bits per heavy atom. The van der Waals surface area contributed by atoms with Gasteiger partial charge in [-0.05, 0) is 18.2 Å². The molecule has 1 aromatic heterocycles. The van der Waals surface area contributed by atoms with Crippen LogP contribution < -0.4 is 5.73 Å². The molecule has 2 rings (SSSR count). The summed E-state index contributed by atoms with van der Waals surface area (Å²) in [5.74, 6) is 0. The highest BCUT2D eigenvalue weighted by molar-refractivity contribution is 7.71. The summed E-state index contributed by atoms with van der Waals surface area (Å²) in [6, 6.07) is 5.52. The molecule has 0 spiro atoms. The van der Waals surface area contributed by atoms with Gasteiger partial charge in [0.15, 0.2) is 0 Å². The van der Waals surface area contributed by atoms with Crippen LogP contribution in [0.1, 0.15) is 0 Å². The number of nitrogens with one attached hydrogen (secondary N) is 1. The van der Waals surface area contributed by atoms with Crippen LogP contribution in [0, 0.1) is 4.64 Å². The van der Waals surface area contributed by atoms with Crippen molar-refractivity contribution in [3.8, 4) is 0 Å². The number of hydrogen-bond donors (Lipinski definition) is 2. The first-order chi connectivity index (χ1) is 5.77. The fraction of sp³-hybridized carbons (Fsp3) is 0. The van der Waals surface area contributed by atoms with E-state index in [-0.39, 0.29) is 0 Å². The Kier molecular flexibility index (Phi) is 1.55. The third-order valence-corrected chi connectivity index (χ3v) is 2.00. The van der Waals surface area contributed by atoms with Gasteiger partial charge in [-0.25, -0.2) is 4.98 Å². The first kappa shape index (κ1) is 7.24. The van der Waals surface area contributed by atoms with Gasteiger partial charge in [0.25, 0.3) is 0 Å². The van der Waals surface area contributed by atoms with Crippen LogP contribution in [0.25, 0.3) is 10.9 Å². The van der Waals surface area contributed by atoms with Crippen molar-refractivity contribution in [2.75, 3.05) is 5.73 Å². The molecule has 0 saturated heterocycles. The number of nitrogen functional groups attached to an aromatic ring is 1. The highest BCUT2D eigenvalue weighted by atomic mass is 32.1. The van der Waals surface area contributed by atoms with Crippen LogP contribution in [0.15, 0.2) is 24.5 Å². The summed E-state index contributed by atoms with van der Waals surface area (Å²) in [5.41, 5.74) is 7.25. The van der Waals surface area contributed by atoms with E-state index in [4.69, 9.17) is 18.0 Å². The molecule has 0 atom stereocenters. The molecule has 0 amide bonds. The second-order valence-corrected chi connectivity index (χ2v) is 2.90. The van der Waals surface area contributed by atoms with Crippen LogP contribution >= 0.6 is 12.2 Å². The number of H-pyrrole nitrogens is 1. The van der Waals surface area contributed by atoms with Crippen molar-refractivity contribution >= 4 is 28.8 Å². The zero-order valence-electron chi connectivity index (χ0n) is 6.24. The van der Waals surface area contributed by atoms with Gasteiger partial charge >= 0.3 is 0 Å². The maximum atomic E-state index is 5.60. The quantitative estimate of drug-likeness (QED) is 0.477. The largest absolute Gasteiger partial charge is 0.399 e. The van der Waals surface area contributed by atoms with E-state index in [9.17, 15) is 0 Å². The highest BCUT2D eigenvalue weighted by Crippen LogP contribution is 2.14. The maximum absolute atomic E-state index is 5.60. The SMILES string of the molecule is Nc1ccc2c(=S)nc[nH]c2c1. The van der Waals surface area contributed by atoms with E-state index in [1.54, 1.807) is 6.33 Å². The Morgan fingerprint density at radius 2 is 2.25 bits per heavy atom. The van der Waals surface area contributed by atoms with Gasteiger partial charge in [0.2, 0.25) is 0 Å². The molecule has 0 aliphatic rings. The van der Waals surface area contributed by atoms with Crippen molar-refractivity contribution in [2.24, 2.45) is 0 Å². The smallest absolute Gasteiger partial charge is 0.137 e. The molecule has 60 valence electrons. The molecule has 0 bridgehead atoms. The van der Waals surface area contributed by atoms with Crippen molar-refractivity contribution < 1.29 is 0 Å². The second kappa shape index (κ2) is 2.57. The van der Waals surface area contributed by atoms with Gasteiger partial charge in [0.05, 0.1) is 11.8 Å². The van der Waals surface area contributed by atoms with Crippen LogP contribution in [0.3, 0.4) is 0 Å². The van der Waals surface area contributed by atoms with Gasteiger partial charge in [-0.1, -0.05) is 12.2 Å². The summed E-state index contributed by atoms with van der Waals surface area (Å²) in [6.07, 6.45) is 1.57. The molecule has 0 saturated carbocycles. The Labute approximate surface area is 74.3 Å². The lowest BCUT2D eigenvalue weighted by atomic mass is 10.2. The number of benzene rings is 1. The third kappa shape index (κ3) is 1.06. The van der Waals surface area contributed by atoms with Crippen LogP contribution in [-0.2, 0) is 0 Å². The van der Waals surface area contributed by atoms with E-state index < -0.39 is 0 Å². The Balaban J connectivity index is 2.96. The average molecular weight is 177 g/mol. The minimum atomic E-state index is 0.601. The van der Waals surface area contributed by atoms with Crippen LogP contribution in [0.2, 0.25) is 0 Å². The van der Waals surface area contributed by atoms with Crippen molar-refractivity contribution in [1.29, 1.82) is 0 Å². The Morgan fingerprint density at radius 1 is 1.42 bits per heavy atom. The molecule has 1 aromatic carbocycles. The molecule has 4 heteroatoms. The number of anilines is 1. The fourth-order valence-corrected chi connectivity index (χ4v) is 1.33. The van der Waals surface area contributed by atoms with E-state index in [1.807, 2.05) is 18.2 Å². The summed E-state index contributed by atoms with van der Waals surface area (Å²) in [4.78, 5) is 6.93. The minimum Gasteiger partial charge on any atom is -0.399 e. The maximum Gasteiger partial charge on any atom is 0.137 e. The standard InChI is InChI=1S/C8H7N3S/c9-5-1-2-6-7(3-5)10-4-11-8(6)12/h1-4H,9H2,(H,10,11,12). The van der Waals surface area contributed by atoms with E-state index in [0.29, 0.717) is 4.64 Å². The van der Waals surface area contributed by atoms with Gasteiger partial charge in [0.1, 0.15) is 4.64 Å². The number of aromatic amines is 1. The van der Waals surface area contributed by atoms with Crippen molar-refractivity contribution in [2.45, 2.75) is 0 Å². The van der Waals surface area contributed by atoms with E-state index >= 15 is 0 Å². The number of fused-ring (bicyclic) bond motifs is 1. The number of hydrogen-bond acceptors (Lipinski definition) is 3. The lowest BCUT2D eigenvalue weighted by molar-refractivity contribution is 1.21. The second-order valence-electron chi connectivity index (χ2n) is 2.51. The number of nitrogens with zero attached hydrogens (tertiary/aromatic N) is 1. The fourth-order valence-electron chi connectivity index (χ4n) is 1.10. The number of aromatic nitrogens is 2. The third-order valence-electron chi connectivity index (χ3n) is 1.68. The molecule has 0 aliphatic carbocycles. The zero-order valence-corrected chi connectivity index (χ0v) is 7.06. The van der Waals surface area contributed by atoms with Gasteiger partial charge < -0.3 is 10.7 Å². The summed E-state index contributed by atoms with van der Waals surface area (Å²) in [5, 5.41) is 0.932. The molecule has 3 nitrogen and oxygen atoms in total. The van der Waals surface area contributed by atoms with E-state index in [0.717, 1.165) is 16.6 Å². The molecule has 0 aliphatic heterocycles. The molecule has 3 N–H and O–H groups in total. The summed E-state index contributed by atoms with van der Waals surface area (Å²) in [7, 11) is 0. The molecular weight excluding hydrogens is 170 g/mol. The van der Waals surface area contributed by atoms with Crippen LogP contribution in [-0.4, -0.2) is 9.97 Å².